The molecule has 1 amide bonds. The molecule has 1 aliphatic heterocycles. The number of aromatic nitrogens is 1. The van der Waals surface area contributed by atoms with Crippen molar-refractivity contribution in [3.63, 3.8) is 0 Å². The number of hydrogen-bond donors (Lipinski definition) is 1. The van der Waals surface area contributed by atoms with E-state index in [-0.39, 0.29) is 42.1 Å². The van der Waals surface area contributed by atoms with E-state index in [1.54, 1.807) is 0 Å². The Morgan fingerprint density at radius 2 is 1.79 bits per heavy atom. The summed E-state index contributed by atoms with van der Waals surface area (Å²) >= 11 is 0. The SMILES string of the molecule is CC(=O)c1ccc(S(=O)(=O)N2CCC(C(=O)NCc3cccnc3OCC(F)(F)F)CC2)cc1. The molecule has 1 N–H and O–H groups in total. The third kappa shape index (κ3) is 6.54. The first-order chi connectivity index (χ1) is 16.0. The van der Waals surface area contributed by atoms with E-state index < -0.39 is 28.7 Å². The molecular formula is C22H24F3N3O5S. The van der Waals surface area contributed by atoms with Crippen LogP contribution >= 0.6 is 0 Å². The van der Waals surface area contributed by atoms with Gasteiger partial charge >= 0.3 is 6.18 Å². The zero-order chi connectivity index (χ0) is 24.9. The Kier molecular flexibility index (Phi) is 7.93. The van der Waals surface area contributed by atoms with Gasteiger partial charge in [-0.25, -0.2) is 13.4 Å². The minimum Gasteiger partial charge on any atom is -0.468 e. The van der Waals surface area contributed by atoms with Gasteiger partial charge in [0.1, 0.15) is 0 Å². The van der Waals surface area contributed by atoms with Gasteiger partial charge in [0.15, 0.2) is 12.4 Å². The number of carbonyl (C=O) groups excluding carboxylic acids is 2. The molecule has 0 radical (unpaired) electrons. The lowest BCUT2D eigenvalue weighted by molar-refractivity contribution is -0.154. The summed E-state index contributed by atoms with van der Waals surface area (Å²) in [4.78, 5) is 27.8. The van der Waals surface area contributed by atoms with Gasteiger partial charge in [-0.15, -0.1) is 0 Å². The number of nitrogens with zero attached hydrogens (tertiary/aromatic N) is 2. The molecule has 0 unspecified atom stereocenters. The van der Waals surface area contributed by atoms with Crippen LogP contribution in [0.1, 0.15) is 35.7 Å². The van der Waals surface area contributed by atoms with Crippen LogP contribution in [-0.2, 0) is 21.4 Å². The molecule has 1 aromatic carbocycles. The van der Waals surface area contributed by atoms with E-state index in [1.807, 2.05) is 0 Å². The number of ether oxygens (including phenoxy) is 1. The Hall–Kier alpha value is -2.99. The third-order valence-corrected chi connectivity index (χ3v) is 7.31. The van der Waals surface area contributed by atoms with Crippen LogP contribution in [0.5, 0.6) is 5.88 Å². The topological polar surface area (TPSA) is 106 Å². The second-order valence-corrected chi connectivity index (χ2v) is 9.79. The second-order valence-electron chi connectivity index (χ2n) is 7.85. The van der Waals surface area contributed by atoms with Crippen molar-refractivity contribution >= 4 is 21.7 Å². The molecule has 1 saturated heterocycles. The van der Waals surface area contributed by atoms with Gasteiger partial charge in [-0.2, -0.15) is 17.5 Å². The number of hydrogen-bond acceptors (Lipinski definition) is 6. The number of halogens is 3. The number of carbonyl (C=O) groups is 2. The molecule has 0 bridgehead atoms. The van der Waals surface area contributed by atoms with Crippen molar-refractivity contribution in [2.75, 3.05) is 19.7 Å². The van der Waals surface area contributed by atoms with Gasteiger partial charge in [0.25, 0.3) is 0 Å². The molecule has 0 saturated carbocycles. The first kappa shape index (κ1) is 25.6. The minimum absolute atomic E-state index is 0.0686. The smallest absolute Gasteiger partial charge is 0.422 e. The Balaban J connectivity index is 1.55. The fraction of sp³-hybridized carbons (Fsp3) is 0.409. The Morgan fingerprint density at radius 1 is 1.15 bits per heavy atom. The van der Waals surface area contributed by atoms with Crippen molar-refractivity contribution in [2.24, 2.45) is 5.92 Å². The molecule has 0 atom stereocenters. The number of Topliss-reactive ketones (excluding diaryl/α,β-unsaturated/α-hetero) is 1. The Labute approximate surface area is 195 Å². The van der Waals surface area contributed by atoms with E-state index in [2.05, 4.69) is 10.3 Å². The van der Waals surface area contributed by atoms with E-state index >= 15 is 0 Å². The molecule has 0 aliphatic carbocycles. The molecule has 3 rings (SSSR count). The van der Waals surface area contributed by atoms with Crippen LogP contribution in [0.4, 0.5) is 13.2 Å². The summed E-state index contributed by atoms with van der Waals surface area (Å²) in [7, 11) is -3.76. The van der Waals surface area contributed by atoms with Crippen molar-refractivity contribution < 1.29 is 35.9 Å². The van der Waals surface area contributed by atoms with Gasteiger partial charge in [-0.1, -0.05) is 18.2 Å². The molecule has 1 aliphatic rings. The van der Waals surface area contributed by atoms with E-state index in [0.717, 1.165) is 0 Å². The maximum Gasteiger partial charge on any atom is 0.422 e. The standard InChI is InChI=1S/C22H24F3N3O5S/c1-15(29)16-4-6-19(7-5-16)34(31,32)28-11-8-17(9-12-28)20(30)27-13-18-3-2-10-26-21(18)33-14-22(23,24)25/h2-7,10,17H,8-9,11-14H2,1H3,(H,27,30). The number of ketones is 1. The minimum atomic E-state index is -4.51. The first-order valence-electron chi connectivity index (χ1n) is 10.5. The molecule has 1 aromatic heterocycles. The lowest BCUT2D eigenvalue weighted by Crippen LogP contribution is -2.42. The number of pyridine rings is 1. The van der Waals surface area contributed by atoms with Crippen molar-refractivity contribution in [3.05, 3.63) is 53.7 Å². The molecule has 0 spiro atoms. The monoisotopic (exact) mass is 499 g/mol. The summed E-state index contributed by atoms with van der Waals surface area (Å²) < 4.78 is 69.0. The summed E-state index contributed by atoms with van der Waals surface area (Å²) in [5, 5.41) is 2.67. The van der Waals surface area contributed by atoms with Gasteiger partial charge in [0.2, 0.25) is 21.8 Å². The van der Waals surface area contributed by atoms with E-state index in [4.69, 9.17) is 4.74 Å². The number of amides is 1. The summed E-state index contributed by atoms with van der Waals surface area (Å²) in [5.41, 5.74) is 0.712. The lowest BCUT2D eigenvalue weighted by atomic mass is 9.97. The van der Waals surface area contributed by atoms with Crippen molar-refractivity contribution in [2.45, 2.75) is 37.4 Å². The molecule has 12 heteroatoms. The molecule has 8 nitrogen and oxygen atoms in total. The number of benzene rings is 1. The first-order valence-corrected chi connectivity index (χ1v) is 11.9. The van der Waals surface area contributed by atoms with Gasteiger partial charge in [0.05, 0.1) is 4.90 Å². The quantitative estimate of drug-likeness (QED) is 0.560. The molecule has 34 heavy (non-hydrogen) atoms. The highest BCUT2D eigenvalue weighted by Crippen LogP contribution is 2.25. The fourth-order valence-corrected chi connectivity index (χ4v) is 5.00. The molecule has 1 fully saturated rings. The molecule has 2 aromatic rings. The Morgan fingerprint density at radius 3 is 2.38 bits per heavy atom. The number of rotatable bonds is 8. The van der Waals surface area contributed by atoms with Crippen LogP contribution in [0.25, 0.3) is 0 Å². The third-order valence-electron chi connectivity index (χ3n) is 5.40. The maximum absolute atomic E-state index is 12.9. The van der Waals surface area contributed by atoms with Gasteiger partial charge in [0, 0.05) is 42.9 Å². The van der Waals surface area contributed by atoms with Crippen molar-refractivity contribution in [3.8, 4) is 5.88 Å². The van der Waals surface area contributed by atoms with Crippen molar-refractivity contribution in [1.82, 2.24) is 14.6 Å². The van der Waals surface area contributed by atoms with Crippen LogP contribution in [0.2, 0.25) is 0 Å². The molecule has 184 valence electrons. The highest BCUT2D eigenvalue weighted by molar-refractivity contribution is 7.89. The van der Waals surface area contributed by atoms with Crippen molar-refractivity contribution in [1.29, 1.82) is 0 Å². The average molecular weight is 500 g/mol. The number of alkyl halides is 3. The zero-order valence-corrected chi connectivity index (χ0v) is 19.2. The van der Waals surface area contributed by atoms with Crippen LogP contribution < -0.4 is 10.1 Å². The van der Waals surface area contributed by atoms with Crippen LogP contribution in [0.15, 0.2) is 47.5 Å². The Bertz CT molecular complexity index is 1130. The van der Waals surface area contributed by atoms with Gasteiger partial charge < -0.3 is 10.1 Å². The van der Waals surface area contributed by atoms with Crippen LogP contribution in [0, 0.1) is 5.92 Å². The summed E-state index contributed by atoms with van der Waals surface area (Å²) in [6.45, 7) is 0.115. The van der Waals surface area contributed by atoms with Gasteiger partial charge in [-0.3, -0.25) is 9.59 Å². The fourth-order valence-electron chi connectivity index (χ4n) is 3.53. The highest BCUT2D eigenvalue weighted by Gasteiger charge is 2.32. The van der Waals surface area contributed by atoms with Crippen LogP contribution in [-0.4, -0.2) is 55.3 Å². The zero-order valence-electron chi connectivity index (χ0n) is 18.3. The van der Waals surface area contributed by atoms with Crippen LogP contribution in [0.3, 0.4) is 0 Å². The maximum atomic E-state index is 12.9. The largest absolute Gasteiger partial charge is 0.468 e. The number of nitrogens with one attached hydrogen (secondary N) is 1. The van der Waals surface area contributed by atoms with Gasteiger partial charge in [-0.05, 0) is 38.0 Å². The summed E-state index contributed by atoms with van der Waals surface area (Å²) in [6.07, 6.45) is -2.63. The predicted molar refractivity (Wildman–Crippen MR) is 116 cm³/mol. The normalized spacial score (nSPS) is 15.6. The lowest BCUT2D eigenvalue weighted by Gasteiger charge is -2.30. The highest BCUT2D eigenvalue weighted by atomic mass is 32.2. The molecular weight excluding hydrogens is 475 g/mol. The van der Waals surface area contributed by atoms with E-state index in [0.29, 0.717) is 24.0 Å². The molecule has 2 heterocycles. The second kappa shape index (κ2) is 10.5. The number of sulfonamides is 1. The van der Waals surface area contributed by atoms with E-state index in [9.17, 15) is 31.2 Å². The summed E-state index contributed by atoms with van der Waals surface area (Å²) in [6, 6.07) is 8.72. The predicted octanol–water partition coefficient (Wildman–Crippen LogP) is 2.94. The average Bonchev–Trinajstić information content (AvgIpc) is 2.81. The number of piperidine rings is 1. The van der Waals surface area contributed by atoms with E-state index in [1.165, 1.54) is 53.8 Å². The summed E-state index contributed by atoms with van der Waals surface area (Å²) in [5.74, 6) is -1.14.